The molecule has 3 aromatic rings. The molecule has 0 unspecified atom stereocenters. The number of halogens is 3. The molecule has 2 N–H and O–H groups in total. The molecule has 9 heteroatoms. The van der Waals surface area contributed by atoms with Gasteiger partial charge >= 0.3 is 12.1 Å². The number of fused-ring (bicyclic) bond motifs is 2. The molecule has 0 saturated heterocycles. The van der Waals surface area contributed by atoms with Crippen molar-refractivity contribution in [3.05, 3.63) is 59.3 Å². The quantitative estimate of drug-likeness (QED) is 0.534. The van der Waals surface area contributed by atoms with E-state index in [-0.39, 0.29) is 17.0 Å². The average molecular weight is 471 g/mol. The number of hydrogen-bond donors (Lipinski definition) is 2. The lowest BCUT2D eigenvalue weighted by Crippen LogP contribution is -2.41. The van der Waals surface area contributed by atoms with Gasteiger partial charge < -0.3 is 15.0 Å². The van der Waals surface area contributed by atoms with Gasteiger partial charge in [-0.1, -0.05) is 12.5 Å². The van der Waals surface area contributed by atoms with Crippen molar-refractivity contribution in [2.24, 2.45) is 0 Å². The second kappa shape index (κ2) is 8.79. The van der Waals surface area contributed by atoms with E-state index in [1.807, 2.05) is 12.1 Å². The molecule has 0 radical (unpaired) electrons. The van der Waals surface area contributed by atoms with E-state index in [1.54, 1.807) is 0 Å². The zero-order chi connectivity index (χ0) is 23.9. The minimum atomic E-state index is -5.09. The van der Waals surface area contributed by atoms with Crippen molar-refractivity contribution in [1.29, 1.82) is 0 Å². The van der Waals surface area contributed by atoms with Crippen molar-refractivity contribution in [3.63, 3.8) is 0 Å². The first-order valence-corrected chi connectivity index (χ1v) is 11.4. The summed E-state index contributed by atoms with van der Waals surface area (Å²) in [6, 6.07) is 11.2. The molecule has 5 rings (SSSR count). The van der Waals surface area contributed by atoms with Gasteiger partial charge in [0.15, 0.2) is 5.75 Å². The number of carbonyl (C=O) groups is 2. The number of alkyl halides is 3. The van der Waals surface area contributed by atoms with Crippen LogP contribution in [0.15, 0.2) is 42.6 Å². The van der Waals surface area contributed by atoms with Crippen molar-refractivity contribution >= 4 is 28.5 Å². The Balaban J connectivity index is 1.28. The Labute approximate surface area is 194 Å². The number of ether oxygens (including phenoxy) is 1. The summed E-state index contributed by atoms with van der Waals surface area (Å²) in [5, 5.41) is 3.18. The van der Waals surface area contributed by atoms with Crippen LogP contribution in [-0.4, -0.2) is 47.1 Å². The van der Waals surface area contributed by atoms with Crippen LogP contribution in [-0.2, 0) is 17.6 Å². The number of hydrogen-bond acceptors (Lipinski definition) is 4. The summed E-state index contributed by atoms with van der Waals surface area (Å²) >= 11 is 0. The Morgan fingerprint density at radius 3 is 2.50 bits per heavy atom. The van der Waals surface area contributed by atoms with Crippen molar-refractivity contribution in [2.75, 3.05) is 18.4 Å². The predicted molar refractivity (Wildman–Crippen MR) is 121 cm³/mol. The van der Waals surface area contributed by atoms with Gasteiger partial charge in [0.05, 0.1) is 5.52 Å². The first-order chi connectivity index (χ1) is 16.3. The maximum Gasteiger partial charge on any atom is 0.491 e. The minimum Gasteiger partial charge on any atom is -0.418 e. The Kier molecular flexibility index (Phi) is 5.81. The topological polar surface area (TPSA) is 74.4 Å². The van der Waals surface area contributed by atoms with Crippen molar-refractivity contribution < 1.29 is 27.5 Å². The van der Waals surface area contributed by atoms with Crippen LogP contribution < -0.4 is 10.1 Å². The highest BCUT2D eigenvalue weighted by Gasteiger charge is 2.41. The number of carbonyl (C=O) groups excluding carboxylic acids is 2. The van der Waals surface area contributed by atoms with E-state index in [0.717, 1.165) is 32.1 Å². The van der Waals surface area contributed by atoms with Crippen LogP contribution in [0.5, 0.6) is 5.75 Å². The maximum absolute atomic E-state index is 12.8. The monoisotopic (exact) mass is 471 g/mol. The molecule has 178 valence electrons. The molecule has 1 amide bonds. The molecular weight excluding hydrogens is 447 g/mol. The molecule has 1 aliphatic carbocycles. The van der Waals surface area contributed by atoms with Crippen LogP contribution in [0.2, 0.25) is 0 Å². The molecule has 1 fully saturated rings. The second-order valence-electron chi connectivity index (χ2n) is 8.86. The lowest BCUT2D eigenvalue weighted by molar-refractivity contribution is -0.189. The summed E-state index contributed by atoms with van der Waals surface area (Å²) in [4.78, 5) is 29.3. The fourth-order valence-electron chi connectivity index (χ4n) is 4.62. The Bertz CT molecular complexity index is 1250. The number of H-pyrrole nitrogens is 1. The molecule has 2 aliphatic rings. The number of amides is 1. The van der Waals surface area contributed by atoms with Crippen molar-refractivity contribution in [2.45, 2.75) is 44.3 Å². The average Bonchev–Trinajstić information content (AvgIpc) is 3.04. The minimum absolute atomic E-state index is 0.244. The molecule has 6 nitrogen and oxygen atoms in total. The predicted octanol–water partition coefficient (Wildman–Crippen LogP) is 4.84. The van der Waals surface area contributed by atoms with Gasteiger partial charge in [-0.05, 0) is 67.1 Å². The second-order valence-corrected chi connectivity index (χ2v) is 8.86. The molecule has 0 atom stereocenters. The molecule has 2 aromatic carbocycles. The molecule has 0 spiro atoms. The van der Waals surface area contributed by atoms with E-state index in [2.05, 4.69) is 26.0 Å². The highest BCUT2D eigenvalue weighted by atomic mass is 19.4. The van der Waals surface area contributed by atoms with Crippen LogP contribution in [0.3, 0.4) is 0 Å². The summed E-state index contributed by atoms with van der Waals surface area (Å²) in [6.07, 6.45) is 1.92. The lowest BCUT2D eigenvalue weighted by Gasteiger charge is -2.36. The van der Waals surface area contributed by atoms with Gasteiger partial charge in [0.2, 0.25) is 0 Å². The molecule has 2 heterocycles. The highest BCUT2D eigenvalue weighted by molar-refractivity contribution is 6.06. The fourth-order valence-corrected chi connectivity index (χ4v) is 4.62. The van der Waals surface area contributed by atoms with E-state index in [0.29, 0.717) is 22.8 Å². The standard InChI is InChI=1S/C25H24F3N3O3/c26-25(27,28)24(33)34-22-14-29-21-13-17(5-7-20(21)22)23(32)30-18-6-4-15-8-10-31(19-2-1-3-19)11-9-16(15)12-18/h4-7,12-14,19,29H,1-3,8-11H2,(H,30,32). The SMILES string of the molecule is O=C(Nc1ccc2c(c1)CCN(C1CCC1)CC2)c1ccc2c(OC(=O)C(F)(F)F)c[nH]c2c1. The maximum atomic E-state index is 12.8. The Morgan fingerprint density at radius 1 is 1.03 bits per heavy atom. The van der Waals surface area contributed by atoms with Gasteiger partial charge in [-0.15, -0.1) is 0 Å². The Hall–Kier alpha value is -3.33. The lowest BCUT2D eigenvalue weighted by atomic mass is 9.91. The molecule has 1 aromatic heterocycles. The van der Waals surface area contributed by atoms with Crippen LogP contribution >= 0.6 is 0 Å². The van der Waals surface area contributed by atoms with Crippen molar-refractivity contribution in [1.82, 2.24) is 9.88 Å². The van der Waals surface area contributed by atoms with Crippen molar-refractivity contribution in [3.8, 4) is 5.75 Å². The number of nitrogens with zero attached hydrogens (tertiary/aromatic N) is 1. The number of aromatic amines is 1. The van der Waals surface area contributed by atoms with E-state index in [4.69, 9.17) is 0 Å². The van der Waals surface area contributed by atoms with Crippen LogP contribution in [0.4, 0.5) is 18.9 Å². The third-order valence-electron chi connectivity index (χ3n) is 6.73. The van der Waals surface area contributed by atoms with E-state index >= 15 is 0 Å². The Morgan fingerprint density at radius 2 is 1.79 bits per heavy atom. The van der Waals surface area contributed by atoms with Gasteiger partial charge in [0.25, 0.3) is 5.91 Å². The molecule has 1 saturated carbocycles. The van der Waals surface area contributed by atoms with E-state index in [9.17, 15) is 22.8 Å². The third kappa shape index (κ3) is 4.52. The molecule has 1 aliphatic heterocycles. The number of aromatic nitrogens is 1. The number of benzene rings is 2. The summed E-state index contributed by atoms with van der Waals surface area (Å²) in [7, 11) is 0. The first kappa shape index (κ1) is 22.5. The van der Waals surface area contributed by atoms with E-state index in [1.165, 1.54) is 48.6 Å². The summed E-state index contributed by atoms with van der Waals surface area (Å²) < 4.78 is 41.9. The van der Waals surface area contributed by atoms with Gasteiger partial charge in [0.1, 0.15) is 0 Å². The van der Waals surface area contributed by atoms with Gasteiger partial charge in [-0.3, -0.25) is 9.69 Å². The number of esters is 1. The van der Waals surface area contributed by atoms with Crippen LogP contribution in [0.25, 0.3) is 10.9 Å². The summed E-state index contributed by atoms with van der Waals surface area (Å²) in [6.45, 7) is 2.10. The molecule has 0 bridgehead atoms. The van der Waals surface area contributed by atoms with Crippen LogP contribution in [0, 0.1) is 0 Å². The largest absolute Gasteiger partial charge is 0.491 e. The summed E-state index contributed by atoms with van der Waals surface area (Å²) in [5.74, 6) is -2.88. The number of rotatable bonds is 4. The third-order valence-corrected chi connectivity index (χ3v) is 6.73. The zero-order valence-corrected chi connectivity index (χ0v) is 18.4. The number of anilines is 1. The van der Waals surface area contributed by atoms with E-state index < -0.39 is 12.1 Å². The van der Waals surface area contributed by atoms with Gasteiger partial charge in [-0.2, -0.15) is 13.2 Å². The highest BCUT2D eigenvalue weighted by Crippen LogP contribution is 2.30. The normalized spacial score (nSPS) is 17.0. The molecular formula is C25H24F3N3O3. The van der Waals surface area contributed by atoms with Gasteiger partial charge in [0, 0.05) is 42.0 Å². The fraction of sp³-hybridized carbons (Fsp3) is 0.360. The first-order valence-electron chi connectivity index (χ1n) is 11.4. The van der Waals surface area contributed by atoms with Crippen LogP contribution in [0.1, 0.15) is 40.7 Å². The number of nitrogens with one attached hydrogen (secondary N) is 2. The molecule has 34 heavy (non-hydrogen) atoms. The smallest absolute Gasteiger partial charge is 0.418 e. The van der Waals surface area contributed by atoms with Gasteiger partial charge in [-0.25, -0.2) is 4.79 Å². The summed E-state index contributed by atoms with van der Waals surface area (Å²) in [5.41, 5.74) is 3.97. The zero-order valence-electron chi connectivity index (χ0n) is 18.4.